The quantitative estimate of drug-likeness (QED) is 0.635. The van der Waals surface area contributed by atoms with Gasteiger partial charge in [0.05, 0.1) is 24.6 Å². The number of hydrazine groups is 1. The summed E-state index contributed by atoms with van der Waals surface area (Å²) in [6, 6.07) is 9.59. The van der Waals surface area contributed by atoms with E-state index in [1.54, 1.807) is 25.6 Å². The maximum atomic E-state index is 5.96. The number of thiophene rings is 1. The van der Waals surface area contributed by atoms with Gasteiger partial charge in [-0.15, -0.1) is 11.3 Å². The molecule has 0 radical (unpaired) electrons. The molecular weight excluding hydrogens is 296 g/mol. The molecule has 20 heavy (non-hydrogen) atoms. The first-order valence-electron chi connectivity index (χ1n) is 6.09. The minimum absolute atomic E-state index is 0.0336. The van der Waals surface area contributed by atoms with Gasteiger partial charge in [0.1, 0.15) is 11.5 Å². The first-order valence-corrected chi connectivity index (χ1v) is 7.29. The number of hydrogen-bond acceptors (Lipinski definition) is 5. The van der Waals surface area contributed by atoms with Gasteiger partial charge in [-0.3, -0.25) is 11.3 Å². The summed E-state index contributed by atoms with van der Waals surface area (Å²) < 4.78 is 11.3. The third-order valence-corrected chi connectivity index (χ3v) is 4.26. The summed E-state index contributed by atoms with van der Waals surface area (Å²) in [7, 11) is 3.25. The second-order valence-corrected chi connectivity index (χ2v) is 6.07. The average molecular weight is 313 g/mol. The Morgan fingerprint density at radius 3 is 2.30 bits per heavy atom. The molecule has 1 unspecified atom stereocenters. The van der Waals surface area contributed by atoms with E-state index in [1.807, 2.05) is 30.3 Å². The molecule has 2 aromatic rings. The Morgan fingerprint density at radius 1 is 1.20 bits per heavy atom. The number of methoxy groups -OCH3 is 2. The van der Waals surface area contributed by atoms with Crippen LogP contribution < -0.4 is 20.7 Å². The molecule has 0 spiro atoms. The SMILES string of the molecule is COc1cc(OC)cc(C(Cc2ccc(Cl)s2)NN)c1. The van der Waals surface area contributed by atoms with E-state index in [0.29, 0.717) is 0 Å². The smallest absolute Gasteiger partial charge is 0.122 e. The maximum absolute atomic E-state index is 5.96. The van der Waals surface area contributed by atoms with Gasteiger partial charge in [0.15, 0.2) is 0 Å². The summed E-state index contributed by atoms with van der Waals surface area (Å²) in [5, 5.41) is 0. The van der Waals surface area contributed by atoms with E-state index in [1.165, 1.54) is 4.88 Å². The van der Waals surface area contributed by atoms with Crippen molar-refractivity contribution in [2.24, 2.45) is 5.84 Å². The van der Waals surface area contributed by atoms with Gasteiger partial charge < -0.3 is 9.47 Å². The van der Waals surface area contributed by atoms with Crippen LogP contribution in [0.2, 0.25) is 4.34 Å². The summed E-state index contributed by atoms with van der Waals surface area (Å²) in [5.74, 6) is 7.16. The number of nitrogens with one attached hydrogen (secondary N) is 1. The molecule has 1 heterocycles. The summed E-state index contributed by atoms with van der Waals surface area (Å²) in [5.41, 5.74) is 3.84. The first kappa shape index (κ1) is 15.1. The van der Waals surface area contributed by atoms with Crippen molar-refractivity contribution in [2.45, 2.75) is 12.5 Å². The summed E-state index contributed by atoms with van der Waals surface area (Å²) in [4.78, 5) is 1.17. The van der Waals surface area contributed by atoms with Gasteiger partial charge in [-0.2, -0.15) is 0 Å². The van der Waals surface area contributed by atoms with Gasteiger partial charge in [-0.1, -0.05) is 11.6 Å². The predicted molar refractivity (Wildman–Crippen MR) is 82.6 cm³/mol. The van der Waals surface area contributed by atoms with Gasteiger partial charge in [0, 0.05) is 17.4 Å². The van der Waals surface area contributed by atoms with E-state index in [4.69, 9.17) is 26.9 Å². The zero-order valence-corrected chi connectivity index (χ0v) is 12.9. The highest BCUT2D eigenvalue weighted by Gasteiger charge is 2.14. The van der Waals surface area contributed by atoms with Crippen LogP contribution in [0.1, 0.15) is 16.5 Å². The summed E-state index contributed by atoms with van der Waals surface area (Å²) in [6.45, 7) is 0. The Morgan fingerprint density at radius 2 is 1.85 bits per heavy atom. The Bertz CT molecular complexity index is 552. The Hall–Kier alpha value is -1.27. The van der Waals surface area contributed by atoms with Crippen molar-refractivity contribution in [1.82, 2.24) is 5.43 Å². The van der Waals surface area contributed by atoms with Crippen LogP contribution in [0.15, 0.2) is 30.3 Å². The van der Waals surface area contributed by atoms with E-state index < -0.39 is 0 Å². The Labute approximate surface area is 127 Å². The fraction of sp³-hybridized carbons (Fsp3) is 0.286. The number of rotatable bonds is 6. The zero-order valence-electron chi connectivity index (χ0n) is 11.4. The fourth-order valence-corrected chi connectivity index (χ4v) is 3.10. The minimum Gasteiger partial charge on any atom is -0.497 e. The molecule has 1 atom stereocenters. The maximum Gasteiger partial charge on any atom is 0.122 e. The van der Waals surface area contributed by atoms with E-state index in [0.717, 1.165) is 27.8 Å². The number of nitrogens with two attached hydrogens (primary N) is 1. The molecule has 0 saturated heterocycles. The molecule has 1 aromatic heterocycles. The molecule has 4 nitrogen and oxygen atoms in total. The molecular formula is C14H17ClN2O2S. The monoisotopic (exact) mass is 312 g/mol. The highest BCUT2D eigenvalue weighted by atomic mass is 35.5. The van der Waals surface area contributed by atoms with Gasteiger partial charge in [0.25, 0.3) is 0 Å². The molecule has 0 aliphatic carbocycles. The Kier molecular flexibility index (Phi) is 5.25. The molecule has 0 fully saturated rings. The third-order valence-electron chi connectivity index (χ3n) is 3.01. The standard InChI is InChI=1S/C14H17ClN2O2S/c1-18-10-5-9(6-11(7-10)19-2)13(17-16)8-12-3-4-14(15)20-12/h3-7,13,17H,8,16H2,1-2H3. The molecule has 6 heteroatoms. The Balaban J connectivity index is 2.26. The third kappa shape index (κ3) is 3.64. The van der Waals surface area contributed by atoms with E-state index >= 15 is 0 Å². The largest absolute Gasteiger partial charge is 0.497 e. The van der Waals surface area contributed by atoms with Gasteiger partial charge >= 0.3 is 0 Å². The number of halogens is 1. The predicted octanol–water partition coefficient (Wildman–Crippen LogP) is 3.17. The number of benzene rings is 1. The lowest BCUT2D eigenvalue weighted by Crippen LogP contribution is -2.29. The second-order valence-electron chi connectivity index (χ2n) is 4.28. The lowest BCUT2D eigenvalue weighted by molar-refractivity contribution is 0.391. The molecule has 0 amide bonds. The van der Waals surface area contributed by atoms with Crippen LogP contribution in [-0.2, 0) is 6.42 Å². The second kappa shape index (κ2) is 6.95. The van der Waals surface area contributed by atoms with Crippen molar-refractivity contribution in [1.29, 1.82) is 0 Å². The van der Waals surface area contributed by atoms with Crippen molar-refractivity contribution in [3.8, 4) is 11.5 Å². The zero-order chi connectivity index (χ0) is 14.5. The highest BCUT2D eigenvalue weighted by molar-refractivity contribution is 7.16. The van der Waals surface area contributed by atoms with Gasteiger partial charge in [-0.05, 0) is 29.8 Å². The number of ether oxygens (including phenoxy) is 2. The molecule has 0 aliphatic rings. The molecule has 2 rings (SSSR count). The van der Waals surface area contributed by atoms with Crippen LogP contribution in [0.3, 0.4) is 0 Å². The molecule has 0 bridgehead atoms. The molecule has 0 saturated carbocycles. The normalized spacial score (nSPS) is 12.2. The van der Waals surface area contributed by atoms with Crippen molar-refractivity contribution in [3.05, 3.63) is 45.1 Å². The fourth-order valence-electron chi connectivity index (χ4n) is 1.97. The van der Waals surface area contributed by atoms with Gasteiger partial charge in [-0.25, -0.2) is 0 Å². The van der Waals surface area contributed by atoms with E-state index in [2.05, 4.69) is 5.43 Å². The van der Waals surface area contributed by atoms with Crippen LogP contribution in [-0.4, -0.2) is 14.2 Å². The molecule has 0 aliphatic heterocycles. The minimum atomic E-state index is -0.0336. The van der Waals surface area contributed by atoms with Crippen molar-refractivity contribution < 1.29 is 9.47 Å². The van der Waals surface area contributed by atoms with E-state index in [9.17, 15) is 0 Å². The van der Waals surface area contributed by atoms with Crippen molar-refractivity contribution in [2.75, 3.05) is 14.2 Å². The van der Waals surface area contributed by atoms with Crippen LogP contribution in [0.4, 0.5) is 0 Å². The van der Waals surface area contributed by atoms with Crippen LogP contribution in [0, 0.1) is 0 Å². The first-order chi connectivity index (χ1) is 9.66. The number of hydrogen-bond donors (Lipinski definition) is 2. The van der Waals surface area contributed by atoms with Crippen LogP contribution in [0.5, 0.6) is 11.5 Å². The average Bonchev–Trinajstić information content (AvgIpc) is 2.89. The lowest BCUT2D eigenvalue weighted by Gasteiger charge is -2.17. The molecule has 3 N–H and O–H groups in total. The molecule has 108 valence electrons. The van der Waals surface area contributed by atoms with Crippen LogP contribution >= 0.6 is 22.9 Å². The lowest BCUT2D eigenvalue weighted by atomic mass is 10.0. The molecule has 1 aromatic carbocycles. The van der Waals surface area contributed by atoms with E-state index in [-0.39, 0.29) is 6.04 Å². The summed E-state index contributed by atoms with van der Waals surface area (Å²) in [6.07, 6.45) is 0.754. The van der Waals surface area contributed by atoms with Crippen molar-refractivity contribution >= 4 is 22.9 Å². The summed E-state index contributed by atoms with van der Waals surface area (Å²) >= 11 is 7.51. The highest BCUT2D eigenvalue weighted by Crippen LogP contribution is 2.30. The van der Waals surface area contributed by atoms with Crippen LogP contribution in [0.25, 0.3) is 0 Å². The van der Waals surface area contributed by atoms with Gasteiger partial charge in [0.2, 0.25) is 0 Å². The van der Waals surface area contributed by atoms with Crippen molar-refractivity contribution in [3.63, 3.8) is 0 Å². The topological polar surface area (TPSA) is 56.5 Å².